The van der Waals surface area contributed by atoms with Crippen molar-refractivity contribution in [2.24, 2.45) is 0 Å². The zero-order valence-corrected chi connectivity index (χ0v) is 10.7. The number of hydrogen-bond acceptors (Lipinski definition) is 5. The van der Waals surface area contributed by atoms with E-state index in [4.69, 9.17) is 4.55 Å². The third-order valence-corrected chi connectivity index (χ3v) is 3.36. The maximum absolute atomic E-state index is 11.9. The SMILES string of the molecule is CCN1C(=O)C(CS(=O)(=O)O)=C(C)C(=C=O)C1O. The monoisotopic (exact) mass is 275 g/mol. The minimum atomic E-state index is -4.40. The molecule has 8 heteroatoms. The van der Waals surface area contributed by atoms with Gasteiger partial charge < -0.3 is 10.0 Å². The van der Waals surface area contributed by atoms with Crippen molar-refractivity contribution in [2.75, 3.05) is 12.3 Å². The van der Waals surface area contributed by atoms with Crippen LogP contribution < -0.4 is 0 Å². The summed E-state index contributed by atoms with van der Waals surface area (Å²) in [5, 5.41) is 9.75. The molecule has 0 bridgehead atoms. The number of carbonyl (C=O) groups is 1. The summed E-state index contributed by atoms with van der Waals surface area (Å²) in [5.74, 6) is -0.127. The second-order valence-corrected chi connectivity index (χ2v) is 5.26. The fourth-order valence-electron chi connectivity index (χ4n) is 1.76. The molecule has 0 spiro atoms. The lowest BCUT2D eigenvalue weighted by Crippen LogP contribution is -2.47. The van der Waals surface area contributed by atoms with Crippen LogP contribution in [0.1, 0.15) is 13.8 Å². The van der Waals surface area contributed by atoms with Gasteiger partial charge in [-0.1, -0.05) is 0 Å². The molecule has 1 amide bonds. The molecule has 0 radical (unpaired) electrons. The summed E-state index contributed by atoms with van der Waals surface area (Å²) < 4.78 is 30.5. The molecule has 2 N–H and O–H groups in total. The molecule has 1 aliphatic rings. The molecule has 1 unspecified atom stereocenters. The standard InChI is InChI=1S/C10H13NO6S/c1-3-11-9(13)7(4-12)6(2)8(10(11)14)5-18(15,16)17/h9,13H,3,5H2,1-2H3,(H,15,16,17). The zero-order chi connectivity index (χ0) is 14.1. The summed E-state index contributed by atoms with van der Waals surface area (Å²) in [4.78, 5) is 23.6. The van der Waals surface area contributed by atoms with Gasteiger partial charge in [-0.15, -0.1) is 0 Å². The van der Waals surface area contributed by atoms with E-state index >= 15 is 0 Å². The van der Waals surface area contributed by atoms with E-state index in [1.54, 1.807) is 6.92 Å². The van der Waals surface area contributed by atoms with E-state index in [-0.39, 0.29) is 23.3 Å². The van der Waals surface area contributed by atoms with Crippen LogP contribution in [0, 0.1) is 0 Å². The minimum Gasteiger partial charge on any atom is -0.368 e. The van der Waals surface area contributed by atoms with Crippen LogP contribution in [0.3, 0.4) is 0 Å². The van der Waals surface area contributed by atoms with E-state index in [1.165, 1.54) is 12.9 Å². The molecule has 0 saturated carbocycles. The third kappa shape index (κ3) is 2.68. The predicted molar refractivity (Wildman–Crippen MR) is 61.7 cm³/mol. The van der Waals surface area contributed by atoms with Gasteiger partial charge in [-0.3, -0.25) is 9.35 Å². The molecule has 0 aromatic heterocycles. The summed E-state index contributed by atoms with van der Waals surface area (Å²) in [6, 6.07) is 0. The zero-order valence-electron chi connectivity index (χ0n) is 9.87. The van der Waals surface area contributed by atoms with E-state index in [2.05, 4.69) is 0 Å². The van der Waals surface area contributed by atoms with Gasteiger partial charge >= 0.3 is 0 Å². The topological polar surface area (TPSA) is 112 Å². The summed E-state index contributed by atoms with van der Waals surface area (Å²) >= 11 is 0. The molecular formula is C10H13NO6S. The van der Waals surface area contributed by atoms with Gasteiger partial charge in [-0.2, -0.15) is 8.42 Å². The van der Waals surface area contributed by atoms with E-state index in [0.29, 0.717) is 0 Å². The summed E-state index contributed by atoms with van der Waals surface area (Å²) in [5.41, 5.74) is -0.400. The molecule has 0 fully saturated rings. The molecule has 0 aromatic rings. The van der Waals surface area contributed by atoms with Gasteiger partial charge in [0, 0.05) is 12.1 Å². The number of aliphatic hydroxyl groups excluding tert-OH is 1. The van der Waals surface area contributed by atoms with Gasteiger partial charge in [-0.25, -0.2) is 4.79 Å². The number of carbonyl (C=O) groups excluding carboxylic acids is 2. The van der Waals surface area contributed by atoms with Crippen molar-refractivity contribution in [2.45, 2.75) is 20.1 Å². The molecule has 1 aliphatic heterocycles. The first-order valence-electron chi connectivity index (χ1n) is 5.12. The fourth-order valence-corrected chi connectivity index (χ4v) is 2.46. The number of rotatable bonds is 3. The second-order valence-electron chi connectivity index (χ2n) is 3.81. The first-order chi connectivity index (χ1) is 8.22. The lowest BCUT2D eigenvalue weighted by molar-refractivity contribution is -0.135. The van der Waals surface area contributed by atoms with Crippen LogP contribution in [-0.4, -0.2) is 53.4 Å². The van der Waals surface area contributed by atoms with Gasteiger partial charge in [0.2, 0.25) is 0 Å². The Morgan fingerprint density at radius 1 is 1.44 bits per heavy atom. The lowest BCUT2D eigenvalue weighted by Gasteiger charge is -2.33. The van der Waals surface area contributed by atoms with Gasteiger partial charge in [0.15, 0.2) is 6.23 Å². The van der Waals surface area contributed by atoms with Crippen LogP contribution in [0.2, 0.25) is 0 Å². The van der Waals surface area contributed by atoms with E-state index < -0.39 is 28.0 Å². The van der Waals surface area contributed by atoms with E-state index in [1.807, 2.05) is 0 Å². The van der Waals surface area contributed by atoms with Crippen molar-refractivity contribution < 1.29 is 27.7 Å². The molecule has 1 heterocycles. The molecule has 100 valence electrons. The highest BCUT2D eigenvalue weighted by Gasteiger charge is 2.36. The average molecular weight is 275 g/mol. The number of hydrogen-bond donors (Lipinski definition) is 2. The maximum Gasteiger partial charge on any atom is 0.269 e. The van der Waals surface area contributed by atoms with Crippen LogP contribution in [-0.2, 0) is 19.7 Å². The smallest absolute Gasteiger partial charge is 0.269 e. The first-order valence-corrected chi connectivity index (χ1v) is 6.73. The number of nitrogens with zero attached hydrogens (tertiary/aromatic N) is 1. The Morgan fingerprint density at radius 2 is 2.00 bits per heavy atom. The van der Waals surface area contributed by atoms with Gasteiger partial charge in [-0.05, 0) is 19.4 Å². The minimum absolute atomic E-state index is 0.0322. The Morgan fingerprint density at radius 3 is 2.39 bits per heavy atom. The van der Waals surface area contributed by atoms with Crippen molar-refractivity contribution in [1.82, 2.24) is 4.90 Å². The molecule has 1 atom stereocenters. The Labute approximate surface area is 104 Å². The summed E-state index contributed by atoms with van der Waals surface area (Å²) in [6.45, 7) is 2.98. The molecule has 7 nitrogen and oxygen atoms in total. The summed E-state index contributed by atoms with van der Waals surface area (Å²) in [6.07, 6.45) is -1.44. The number of aliphatic hydroxyl groups is 1. The lowest BCUT2D eigenvalue weighted by atomic mass is 9.96. The van der Waals surface area contributed by atoms with Crippen LogP contribution in [0.4, 0.5) is 0 Å². The molecule has 1 rings (SSSR count). The molecule has 0 aromatic carbocycles. The highest BCUT2D eigenvalue weighted by atomic mass is 32.2. The van der Waals surface area contributed by atoms with Crippen molar-refractivity contribution >= 4 is 22.0 Å². The maximum atomic E-state index is 11.9. The Bertz CT molecular complexity index is 555. The Balaban J connectivity index is 3.40. The molecule has 0 aliphatic carbocycles. The van der Waals surface area contributed by atoms with Crippen molar-refractivity contribution in [3.05, 3.63) is 16.7 Å². The largest absolute Gasteiger partial charge is 0.368 e. The average Bonchev–Trinajstić information content (AvgIpc) is 2.24. The van der Waals surface area contributed by atoms with Gasteiger partial charge in [0.25, 0.3) is 16.0 Å². The second kappa shape index (κ2) is 5.03. The molecule has 0 saturated heterocycles. The first kappa shape index (κ1) is 14.6. The van der Waals surface area contributed by atoms with Gasteiger partial charge in [0.05, 0.1) is 5.57 Å². The Kier molecular flexibility index (Phi) is 4.08. The number of likely N-dealkylation sites (N-methyl/N-ethyl adjacent to an activating group) is 1. The predicted octanol–water partition coefficient (Wildman–Crippen LogP) is -0.871. The summed E-state index contributed by atoms with van der Waals surface area (Å²) in [7, 11) is -4.40. The Hall–Kier alpha value is -1.47. The van der Waals surface area contributed by atoms with Crippen molar-refractivity contribution in [3.8, 4) is 0 Å². The van der Waals surface area contributed by atoms with E-state index in [9.17, 15) is 23.1 Å². The quantitative estimate of drug-likeness (QED) is 0.511. The van der Waals surface area contributed by atoms with Gasteiger partial charge in [0.1, 0.15) is 11.7 Å². The van der Waals surface area contributed by atoms with Crippen LogP contribution in [0.25, 0.3) is 0 Å². The molecule has 18 heavy (non-hydrogen) atoms. The van der Waals surface area contributed by atoms with Crippen LogP contribution in [0.15, 0.2) is 16.7 Å². The van der Waals surface area contributed by atoms with Crippen molar-refractivity contribution in [1.29, 1.82) is 0 Å². The highest BCUT2D eigenvalue weighted by Crippen LogP contribution is 2.26. The highest BCUT2D eigenvalue weighted by molar-refractivity contribution is 7.86. The molecular weight excluding hydrogens is 262 g/mol. The third-order valence-electron chi connectivity index (χ3n) is 2.71. The fraction of sp³-hybridized carbons (Fsp3) is 0.500. The van der Waals surface area contributed by atoms with Crippen LogP contribution >= 0.6 is 0 Å². The number of amides is 1. The van der Waals surface area contributed by atoms with E-state index in [0.717, 1.165) is 4.90 Å². The normalized spacial score (nSPS) is 21.3. The van der Waals surface area contributed by atoms with Crippen LogP contribution in [0.5, 0.6) is 0 Å². The van der Waals surface area contributed by atoms with Crippen molar-refractivity contribution in [3.63, 3.8) is 0 Å².